The van der Waals surface area contributed by atoms with E-state index in [9.17, 15) is 0 Å². The van der Waals surface area contributed by atoms with E-state index in [2.05, 4.69) is 25.8 Å². The average Bonchev–Trinajstić information content (AvgIpc) is 2.18. The van der Waals surface area contributed by atoms with Crippen molar-refractivity contribution in [3.05, 3.63) is 40.1 Å². The molecule has 0 saturated heterocycles. The molecule has 1 heterocycles. The molecule has 16 heavy (non-hydrogen) atoms. The largest absolute Gasteiger partial charge is 0.244 e. The molecule has 1 nitrogen and oxygen atoms in total. The Kier molecular flexibility index (Phi) is 2.85. The predicted molar refractivity (Wildman–Crippen MR) is 70.5 cm³/mol. The van der Waals surface area contributed by atoms with E-state index in [0.29, 0.717) is 5.15 Å². The van der Waals surface area contributed by atoms with Crippen molar-refractivity contribution in [1.29, 1.82) is 0 Å². The highest BCUT2D eigenvalue weighted by Crippen LogP contribution is 2.36. The summed E-state index contributed by atoms with van der Waals surface area (Å²) < 4.78 is 0. The molecule has 0 aliphatic heterocycles. The number of hydrogen-bond donors (Lipinski definition) is 0. The molecule has 0 radical (unpaired) electrons. The second-order valence-corrected chi connectivity index (χ2v) is 5.64. The minimum absolute atomic E-state index is 0.000826. The minimum Gasteiger partial charge on any atom is -0.244 e. The van der Waals surface area contributed by atoms with E-state index in [4.69, 9.17) is 23.2 Å². The third-order valence-electron chi connectivity index (χ3n) is 2.62. The van der Waals surface area contributed by atoms with E-state index in [1.54, 1.807) is 0 Å². The van der Waals surface area contributed by atoms with Gasteiger partial charge < -0.3 is 0 Å². The number of rotatable bonds is 0. The van der Waals surface area contributed by atoms with Gasteiger partial charge in [0.05, 0.1) is 0 Å². The molecular weight excluding hydrogens is 241 g/mol. The Morgan fingerprint density at radius 1 is 1.12 bits per heavy atom. The molecule has 0 unspecified atom stereocenters. The van der Waals surface area contributed by atoms with Gasteiger partial charge in [-0.2, -0.15) is 0 Å². The topological polar surface area (TPSA) is 12.9 Å². The molecular formula is C13H13Cl2N. The van der Waals surface area contributed by atoms with Crippen LogP contribution in [0.25, 0.3) is 10.8 Å². The van der Waals surface area contributed by atoms with E-state index >= 15 is 0 Å². The number of pyridine rings is 1. The molecule has 1 aromatic heterocycles. The van der Waals surface area contributed by atoms with Gasteiger partial charge in [0.25, 0.3) is 0 Å². The predicted octanol–water partition coefficient (Wildman–Crippen LogP) is 4.84. The van der Waals surface area contributed by atoms with Gasteiger partial charge in [-0.25, -0.2) is 4.98 Å². The second kappa shape index (κ2) is 3.90. The molecule has 0 atom stereocenters. The summed E-state index contributed by atoms with van der Waals surface area (Å²) in [5.74, 6) is 0. The lowest BCUT2D eigenvalue weighted by molar-refractivity contribution is 0.593. The maximum atomic E-state index is 6.25. The molecule has 0 fully saturated rings. The normalized spacial score (nSPS) is 12.1. The molecule has 0 amide bonds. The van der Waals surface area contributed by atoms with Crippen LogP contribution in [0, 0.1) is 0 Å². The molecule has 1 aromatic carbocycles. The molecule has 2 rings (SSSR count). The summed E-state index contributed by atoms with van der Waals surface area (Å²) in [6.07, 6.45) is 1.82. The van der Waals surface area contributed by atoms with Gasteiger partial charge in [0.15, 0.2) is 0 Å². The van der Waals surface area contributed by atoms with Crippen LogP contribution in [0.15, 0.2) is 24.4 Å². The number of aromatic nitrogens is 1. The van der Waals surface area contributed by atoms with Gasteiger partial charge in [-0.15, -0.1) is 0 Å². The molecule has 2 aromatic rings. The number of fused-ring (bicyclic) bond motifs is 1. The summed E-state index contributed by atoms with van der Waals surface area (Å²) in [5, 5.41) is 3.16. The van der Waals surface area contributed by atoms with Gasteiger partial charge in [0.2, 0.25) is 0 Å². The zero-order valence-electron chi connectivity index (χ0n) is 9.51. The fraction of sp³-hybridized carbons (Fsp3) is 0.308. The zero-order chi connectivity index (χ0) is 11.9. The lowest BCUT2D eigenvalue weighted by Crippen LogP contribution is -2.12. The number of nitrogens with zero attached hydrogens (tertiary/aromatic N) is 1. The second-order valence-electron chi connectivity index (χ2n) is 4.88. The van der Waals surface area contributed by atoms with Crippen LogP contribution in [-0.4, -0.2) is 4.98 Å². The van der Waals surface area contributed by atoms with Crippen molar-refractivity contribution in [2.45, 2.75) is 26.2 Å². The van der Waals surface area contributed by atoms with Crippen LogP contribution in [0.2, 0.25) is 10.2 Å². The highest BCUT2D eigenvalue weighted by Gasteiger charge is 2.20. The summed E-state index contributed by atoms with van der Waals surface area (Å²) in [7, 11) is 0. The van der Waals surface area contributed by atoms with Crippen LogP contribution in [0.4, 0.5) is 0 Å². The van der Waals surface area contributed by atoms with E-state index in [0.717, 1.165) is 21.4 Å². The maximum Gasteiger partial charge on any atom is 0.136 e. The molecule has 0 N–H and O–H groups in total. The molecule has 0 spiro atoms. The first-order valence-electron chi connectivity index (χ1n) is 5.14. The lowest BCUT2D eigenvalue weighted by Gasteiger charge is -2.21. The highest BCUT2D eigenvalue weighted by molar-refractivity contribution is 6.39. The van der Waals surface area contributed by atoms with E-state index in [-0.39, 0.29) is 5.41 Å². The Balaban J connectivity index is 2.92. The molecule has 84 valence electrons. The molecule has 0 bridgehead atoms. The van der Waals surface area contributed by atoms with Crippen LogP contribution >= 0.6 is 23.2 Å². The first-order chi connectivity index (χ1) is 7.41. The summed E-state index contributed by atoms with van der Waals surface area (Å²) in [6.45, 7) is 6.42. The minimum atomic E-state index is 0.000826. The first kappa shape index (κ1) is 11.7. The quantitative estimate of drug-likeness (QED) is 0.613. The van der Waals surface area contributed by atoms with Gasteiger partial charge in [-0.3, -0.25) is 0 Å². The Hall–Kier alpha value is -0.790. The van der Waals surface area contributed by atoms with E-state index in [1.165, 1.54) is 0 Å². The van der Waals surface area contributed by atoms with Gasteiger partial charge >= 0.3 is 0 Å². The van der Waals surface area contributed by atoms with Gasteiger partial charge in [0.1, 0.15) is 5.15 Å². The number of halogens is 2. The summed E-state index contributed by atoms with van der Waals surface area (Å²) in [6, 6.07) is 5.73. The SMILES string of the molecule is CC(C)(C)c1cnc(Cl)c2cccc(Cl)c12. The molecule has 3 heteroatoms. The zero-order valence-corrected chi connectivity index (χ0v) is 11.0. The monoisotopic (exact) mass is 253 g/mol. The molecule has 0 aliphatic carbocycles. The standard InChI is InChI=1S/C13H13Cl2N/c1-13(2,3)9-7-16-12(15)8-5-4-6-10(14)11(8)9/h4-7H,1-3H3. The van der Waals surface area contributed by atoms with Crippen molar-refractivity contribution in [2.24, 2.45) is 0 Å². The van der Waals surface area contributed by atoms with Crippen molar-refractivity contribution in [3.63, 3.8) is 0 Å². The smallest absolute Gasteiger partial charge is 0.136 e. The number of hydrogen-bond acceptors (Lipinski definition) is 1. The van der Waals surface area contributed by atoms with Crippen LogP contribution < -0.4 is 0 Å². The lowest BCUT2D eigenvalue weighted by atomic mass is 9.85. The highest BCUT2D eigenvalue weighted by atomic mass is 35.5. The third-order valence-corrected chi connectivity index (χ3v) is 3.24. The average molecular weight is 254 g/mol. The van der Waals surface area contributed by atoms with Crippen molar-refractivity contribution >= 4 is 34.0 Å². The van der Waals surface area contributed by atoms with Crippen LogP contribution in [0.3, 0.4) is 0 Å². The van der Waals surface area contributed by atoms with Crippen molar-refractivity contribution in [2.75, 3.05) is 0 Å². The summed E-state index contributed by atoms with van der Waals surface area (Å²) in [5.41, 5.74) is 1.12. The fourth-order valence-corrected chi connectivity index (χ4v) is 2.28. The van der Waals surface area contributed by atoms with Crippen LogP contribution in [0.5, 0.6) is 0 Å². The first-order valence-corrected chi connectivity index (χ1v) is 5.90. The maximum absolute atomic E-state index is 6.25. The van der Waals surface area contributed by atoms with Crippen LogP contribution in [0.1, 0.15) is 26.3 Å². The Morgan fingerprint density at radius 3 is 2.44 bits per heavy atom. The Labute approximate surface area is 105 Å². The van der Waals surface area contributed by atoms with E-state index in [1.807, 2.05) is 24.4 Å². The van der Waals surface area contributed by atoms with Crippen molar-refractivity contribution < 1.29 is 0 Å². The Morgan fingerprint density at radius 2 is 1.81 bits per heavy atom. The van der Waals surface area contributed by atoms with E-state index < -0.39 is 0 Å². The summed E-state index contributed by atoms with van der Waals surface area (Å²) >= 11 is 12.3. The van der Waals surface area contributed by atoms with Crippen LogP contribution in [-0.2, 0) is 5.41 Å². The van der Waals surface area contributed by atoms with Gasteiger partial charge in [0, 0.05) is 22.0 Å². The van der Waals surface area contributed by atoms with Gasteiger partial charge in [-0.1, -0.05) is 56.1 Å². The molecule has 0 aliphatic rings. The van der Waals surface area contributed by atoms with Crippen molar-refractivity contribution in [3.8, 4) is 0 Å². The Bertz CT molecular complexity index is 541. The fourth-order valence-electron chi connectivity index (χ4n) is 1.79. The number of benzene rings is 1. The van der Waals surface area contributed by atoms with Gasteiger partial charge in [-0.05, 0) is 17.0 Å². The van der Waals surface area contributed by atoms with Crippen molar-refractivity contribution in [1.82, 2.24) is 4.98 Å². The summed E-state index contributed by atoms with van der Waals surface area (Å²) in [4.78, 5) is 4.22. The molecule has 0 saturated carbocycles. The third kappa shape index (κ3) is 1.90.